The summed E-state index contributed by atoms with van der Waals surface area (Å²) >= 11 is 7.49. The van der Waals surface area contributed by atoms with Crippen molar-refractivity contribution in [1.82, 2.24) is 9.97 Å². The van der Waals surface area contributed by atoms with Crippen molar-refractivity contribution in [3.63, 3.8) is 0 Å². The molecule has 0 bridgehead atoms. The van der Waals surface area contributed by atoms with Gasteiger partial charge in [0.05, 0.1) is 12.5 Å². The number of nitrogens with zero attached hydrogens (tertiary/aromatic N) is 2. The Morgan fingerprint density at radius 2 is 2.07 bits per heavy atom. The lowest BCUT2D eigenvalue weighted by atomic mass is 10.2. The van der Waals surface area contributed by atoms with E-state index < -0.39 is 16.8 Å². The van der Waals surface area contributed by atoms with Crippen LogP contribution in [0.25, 0.3) is 10.2 Å². The van der Waals surface area contributed by atoms with E-state index in [0.29, 0.717) is 32.1 Å². The zero-order valence-corrected chi connectivity index (χ0v) is 17.6. The number of aromatic nitrogens is 2. The predicted octanol–water partition coefficient (Wildman–Crippen LogP) is 4.37. The molecule has 0 spiro atoms. The molecule has 3 aromatic rings. The molecule has 2 heterocycles. The van der Waals surface area contributed by atoms with Crippen molar-refractivity contribution in [2.45, 2.75) is 19.6 Å². The summed E-state index contributed by atoms with van der Waals surface area (Å²) in [4.78, 5) is 22.2. The van der Waals surface area contributed by atoms with E-state index in [0.717, 1.165) is 22.2 Å². The minimum absolute atomic E-state index is 0.372. The Labute approximate surface area is 168 Å². The zero-order chi connectivity index (χ0) is 19.7. The van der Waals surface area contributed by atoms with Crippen molar-refractivity contribution >= 4 is 61.4 Å². The molecule has 2 aromatic heterocycles. The summed E-state index contributed by atoms with van der Waals surface area (Å²) in [5.74, 6) is 1.17. The molecule has 1 atom stereocenters. The van der Waals surface area contributed by atoms with Gasteiger partial charge in [-0.2, -0.15) is 0 Å². The van der Waals surface area contributed by atoms with Crippen LogP contribution in [0.15, 0.2) is 18.2 Å². The maximum absolute atomic E-state index is 12.0. The number of thiophene rings is 1. The highest BCUT2D eigenvalue weighted by Crippen LogP contribution is 2.35. The summed E-state index contributed by atoms with van der Waals surface area (Å²) in [6, 6.07) is 5.45. The molecule has 6 nitrogen and oxygen atoms in total. The van der Waals surface area contributed by atoms with Gasteiger partial charge >= 0.3 is 5.97 Å². The third-order valence-electron chi connectivity index (χ3n) is 3.94. The quantitative estimate of drug-likeness (QED) is 0.613. The summed E-state index contributed by atoms with van der Waals surface area (Å²) in [6.07, 6.45) is 1.64. The van der Waals surface area contributed by atoms with Gasteiger partial charge in [-0.1, -0.05) is 11.6 Å². The molecular weight excluding hydrogens is 406 g/mol. The molecule has 1 N–H and O–H groups in total. The molecular formula is C18H18ClN3O3S2. The number of esters is 1. The minimum atomic E-state index is -1.00. The number of hydrogen-bond donors (Lipinski definition) is 1. The van der Waals surface area contributed by atoms with Gasteiger partial charge in [0.1, 0.15) is 21.3 Å². The highest BCUT2D eigenvalue weighted by atomic mass is 35.5. The average molecular weight is 424 g/mol. The number of ether oxygens (including phenoxy) is 1. The van der Waals surface area contributed by atoms with Gasteiger partial charge in [-0.3, -0.25) is 4.21 Å². The normalized spacial score (nSPS) is 12.2. The molecule has 1 unspecified atom stereocenters. The van der Waals surface area contributed by atoms with Crippen LogP contribution in [-0.4, -0.2) is 33.5 Å². The Hall–Kier alpha value is -2.03. The number of carbonyl (C=O) groups is 1. The third-order valence-corrected chi connectivity index (χ3v) is 6.19. The number of halogens is 1. The van der Waals surface area contributed by atoms with E-state index in [1.807, 2.05) is 19.1 Å². The second-order valence-electron chi connectivity index (χ2n) is 6.00. The van der Waals surface area contributed by atoms with Gasteiger partial charge in [-0.15, -0.1) is 11.3 Å². The van der Waals surface area contributed by atoms with Crippen molar-refractivity contribution in [3.8, 4) is 0 Å². The summed E-state index contributed by atoms with van der Waals surface area (Å²) in [5.41, 5.74) is 2.33. The summed E-state index contributed by atoms with van der Waals surface area (Å²) in [5, 5.41) is 4.63. The summed E-state index contributed by atoms with van der Waals surface area (Å²) in [6.45, 7) is 3.65. The highest BCUT2D eigenvalue weighted by Gasteiger charge is 2.20. The smallest absolute Gasteiger partial charge is 0.348 e. The number of benzene rings is 1. The van der Waals surface area contributed by atoms with Gasteiger partial charge in [0.2, 0.25) is 0 Å². The number of nitrogens with one attached hydrogen (secondary N) is 1. The predicted molar refractivity (Wildman–Crippen MR) is 111 cm³/mol. The van der Waals surface area contributed by atoms with Crippen molar-refractivity contribution in [3.05, 3.63) is 45.1 Å². The number of methoxy groups -OCH3 is 1. The van der Waals surface area contributed by atoms with Crippen molar-refractivity contribution in [2.24, 2.45) is 0 Å². The van der Waals surface area contributed by atoms with Crippen LogP contribution in [0.5, 0.6) is 0 Å². The monoisotopic (exact) mass is 423 g/mol. The lowest BCUT2D eigenvalue weighted by Gasteiger charge is -2.11. The second kappa shape index (κ2) is 7.92. The van der Waals surface area contributed by atoms with Crippen LogP contribution in [0, 0.1) is 13.8 Å². The molecule has 142 valence electrons. The van der Waals surface area contributed by atoms with Crippen LogP contribution >= 0.6 is 22.9 Å². The Morgan fingerprint density at radius 1 is 1.33 bits per heavy atom. The zero-order valence-electron chi connectivity index (χ0n) is 15.3. The fraction of sp³-hybridized carbons (Fsp3) is 0.278. The molecule has 0 amide bonds. The van der Waals surface area contributed by atoms with Crippen molar-refractivity contribution in [2.75, 3.05) is 18.7 Å². The first-order chi connectivity index (χ1) is 12.8. The van der Waals surface area contributed by atoms with E-state index in [2.05, 4.69) is 15.3 Å². The first kappa shape index (κ1) is 19.7. The van der Waals surface area contributed by atoms with Crippen LogP contribution in [0.2, 0.25) is 5.02 Å². The molecule has 0 radical (unpaired) electrons. The van der Waals surface area contributed by atoms with E-state index in [1.54, 1.807) is 19.2 Å². The van der Waals surface area contributed by atoms with Crippen molar-refractivity contribution in [1.29, 1.82) is 0 Å². The Bertz CT molecular complexity index is 1070. The van der Waals surface area contributed by atoms with Gasteiger partial charge in [-0.05, 0) is 43.2 Å². The molecule has 0 fully saturated rings. The largest absolute Gasteiger partial charge is 0.465 e. The number of carbonyl (C=O) groups excluding carboxylic acids is 1. The van der Waals surface area contributed by atoms with Gasteiger partial charge in [0, 0.05) is 33.5 Å². The fourth-order valence-electron chi connectivity index (χ4n) is 2.74. The van der Waals surface area contributed by atoms with Gasteiger partial charge < -0.3 is 10.1 Å². The van der Waals surface area contributed by atoms with Gasteiger partial charge in [-0.25, -0.2) is 14.8 Å². The van der Waals surface area contributed by atoms with Crippen LogP contribution in [0.1, 0.15) is 26.6 Å². The van der Waals surface area contributed by atoms with Crippen LogP contribution < -0.4 is 5.32 Å². The van der Waals surface area contributed by atoms with Crippen LogP contribution in [0.3, 0.4) is 0 Å². The molecule has 0 aliphatic carbocycles. The molecule has 9 heteroatoms. The highest BCUT2D eigenvalue weighted by molar-refractivity contribution is 7.83. The molecule has 0 aliphatic rings. The van der Waals surface area contributed by atoms with E-state index in [9.17, 15) is 9.00 Å². The lowest BCUT2D eigenvalue weighted by Crippen LogP contribution is -2.01. The first-order valence-electron chi connectivity index (χ1n) is 8.01. The lowest BCUT2D eigenvalue weighted by molar-refractivity contribution is 0.0605. The average Bonchev–Trinajstić information content (AvgIpc) is 2.93. The minimum Gasteiger partial charge on any atom is -0.465 e. The number of fused-ring (bicyclic) bond motifs is 1. The van der Waals surface area contributed by atoms with Crippen LogP contribution in [-0.2, 0) is 21.3 Å². The Kier molecular flexibility index (Phi) is 5.78. The SMILES string of the molecule is COC(=O)c1sc2nc(C)nc(Nc3ccc(Cl)c(CS(C)=O)c3)c2c1C. The Balaban J connectivity index is 2.08. The van der Waals surface area contributed by atoms with E-state index in [4.69, 9.17) is 16.3 Å². The molecule has 3 rings (SSSR count). The van der Waals surface area contributed by atoms with E-state index in [1.165, 1.54) is 18.4 Å². The van der Waals surface area contributed by atoms with Crippen molar-refractivity contribution < 1.29 is 13.7 Å². The molecule has 27 heavy (non-hydrogen) atoms. The maximum atomic E-state index is 12.0. The van der Waals surface area contributed by atoms with Crippen LogP contribution in [0.4, 0.5) is 11.5 Å². The number of anilines is 2. The third kappa shape index (κ3) is 4.12. The number of aryl methyl sites for hydroxylation is 2. The van der Waals surface area contributed by atoms with E-state index >= 15 is 0 Å². The summed E-state index contributed by atoms with van der Waals surface area (Å²) in [7, 11) is 0.355. The van der Waals surface area contributed by atoms with Gasteiger partial charge in [0.15, 0.2) is 0 Å². The standard InChI is InChI=1S/C18H18ClN3O3S2/c1-9-14-16(20-10(2)21-17(14)26-15(9)18(23)25-3)22-12-5-6-13(19)11(7-12)8-27(4)24/h5-7H,8H2,1-4H3,(H,20,21,22). The molecule has 0 aliphatic heterocycles. The Morgan fingerprint density at radius 3 is 2.74 bits per heavy atom. The molecule has 0 saturated heterocycles. The molecule has 0 saturated carbocycles. The van der Waals surface area contributed by atoms with E-state index in [-0.39, 0.29) is 0 Å². The second-order valence-corrected chi connectivity index (χ2v) is 8.84. The van der Waals surface area contributed by atoms with Gasteiger partial charge in [0.25, 0.3) is 0 Å². The first-order valence-corrected chi connectivity index (χ1v) is 10.9. The maximum Gasteiger partial charge on any atom is 0.348 e. The number of rotatable bonds is 5. The number of hydrogen-bond acceptors (Lipinski definition) is 7. The molecule has 1 aromatic carbocycles. The topological polar surface area (TPSA) is 81.2 Å². The summed E-state index contributed by atoms with van der Waals surface area (Å²) < 4.78 is 16.4. The fourth-order valence-corrected chi connectivity index (χ4v) is 4.83.